The van der Waals surface area contributed by atoms with Crippen molar-refractivity contribution in [2.24, 2.45) is 0 Å². The highest BCUT2D eigenvalue weighted by Gasteiger charge is 2.15. The van der Waals surface area contributed by atoms with Crippen molar-refractivity contribution in [2.75, 3.05) is 31.4 Å². The summed E-state index contributed by atoms with van der Waals surface area (Å²) in [6, 6.07) is 11.5. The minimum atomic E-state index is -3.23. The number of hydrogen-bond donors (Lipinski definition) is 2. The lowest BCUT2D eigenvalue weighted by atomic mass is 10.1. The molecule has 1 aromatic heterocycles. The van der Waals surface area contributed by atoms with E-state index in [1.54, 1.807) is 17.5 Å². The second kappa shape index (κ2) is 9.05. The zero-order chi connectivity index (χ0) is 17.5. The van der Waals surface area contributed by atoms with Crippen molar-refractivity contribution in [3.63, 3.8) is 0 Å². The zero-order valence-corrected chi connectivity index (χ0v) is 16.3. The minimum Gasteiger partial charge on any atom is -0.492 e. The highest BCUT2D eigenvalue weighted by atomic mass is 32.2. The maximum Gasteiger partial charge on any atom is 0.200 e. The van der Waals surface area contributed by atoms with Crippen LogP contribution in [0.4, 0.5) is 0 Å². The molecule has 25 heavy (non-hydrogen) atoms. The molecule has 1 fully saturated rings. The van der Waals surface area contributed by atoms with Crippen LogP contribution in [-0.2, 0) is 16.3 Å². The van der Waals surface area contributed by atoms with Gasteiger partial charge in [0.1, 0.15) is 22.4 Å². The summed E-state index contributed by atoms with van der Waals surface area (Å²) in [5.41, 5.74) is 1.31. The zero-order valence-electron chi connectivity index (χ0n) is 13.8. The number of hydrogen-bond acceptors (Lipinski definition) is 7. The van der Waals surface area contributed by atoms with Crippen molar-refractivity contribution >= 4 is 32.9 Å². The van der Waals surface area contributed by atoms with E-state index in [1.807, 2.05) is 23.9 Å². The normalized spacial score (nSPS) is 17.7. The van der Waals surface area contributed by atoms with Crippen LogP contribution in [0.3, 0.4) is 0 Å². The molecule has 0 spiro atoms. The molecule has 1 aromatic carbocycles. The quantitative estimate of drug-likeness (QED) is 0.632. The molecule has 0 amide bonds. The van der Waals surface area contributed by atoms with Crippen LogP contribution in [0.2, 0.25) is 0 Å². The van der Waals surface area contributed by atoms with Gasteiger partial charge in [0.25, 0.3) is 0 Å². The molecule has 1 aliphatic rings. The van der Waals surface area contributed by atoms with E-state index < -0.39 is 9.84 Å². The van der Waals surface area contributed by atoms with Gasteiger partial charge in [0.2, 0.25) is 9.84 Å². The molecule has 1 atom stereocenters. The van der Waals surface area contributed by atoms with E-state index >= 15 is 0 Å². The second-order valence-electron chi connectivity index (χ2n) is 5.77. The number of thioether (sulfide) groups is 1. The van der Waals surface area contributed by atoms with E-state index in [1.165, 1.54) is 16.9 Å². The van der Waals surface area contributed by atoms with Crippen molar-refractivity contribution in [3.05, 3.63) is 47.3 Å². The van der Waals surface area contributed by atoms with Crippen LogP contribution >= 0.6 is 23.1 Å². The Morgan fingerprint density at radius 3 is 2.76 bits per heavy atom. The van der Waals surface area contributed by atoms with Gasteiger partial charge in [-0.25, -0.2) is 8.42 Å². The van der Waals surface area contributed by atoms with Gasteiger partial charge in [0.15, 0.2) is 0 Å². The summed E-state index contributed by atoms with van der Waals surface area (Å²) in [5.74, 6) is 1.79. The van der Waals surface area contributed by atoms with Crippen LogP contribution < -0.4 is 15.4 Å². The fourth-order valence-corrected chi connectivity index (χ4v) is 5.77. The first-order valence-electron chi connectivity index (χ1n) is 8.14. The minimum absolute atomic E-state index is 0.0666. The van der Waals surface area contributed by atoms with E-state index in [2.05, 4.69) is 22.8 Å². The van der Waals surface area contributed by atoms with Gasteiger partial charge in [0.05, 0.1) is 0 Å². The number of benzene rings is 1. The van der Waals surface area contributed by atoms with E-state index in [-0.39, 0.29) is 5.88 Å². The summed E-state index contributed by atoms with van der Waals surface area (Å²) in [4.78, 5) is 0. The predicted octanol–water partition coefficient (Wildman–Crippen LogP) is 2.35. The first-order chi connectivity index (χ1) is 12.1. The second-order valence-corrected chi connectivity index (χ2v) is 10.2. The van der Waals surface area contributed by atoms with Crippen molar-refractivity contribution in [2.45, 2.75) is 15.9 Å². The van der Waals surface area contributed by atoms with Crippen LogP contribution in [0.1, 0.15) is 5.56 Å². The molecule has 3 rings (SSSR count). The first kappa shape index (κ1) is 18.7. The Morgan fingerprint density at radius 2 is 2.08 bits per heavy atom. The molecule has 1 unspecified atom stereocenters. The molecule has 2 aromatic rings. The van der Waals surface area contributed by atoms with E-state index in [0.717, 1.165) is 24.6 Å². The molecule has 1 aliphatic heterocycles. The number of nitrogens with one attached hydrogen (secondary N) is 2. The molecule has 2 N–H and O–H groups in total. The van der Waals surface area contributed by atoms with Gasteiger partial charge in [-0.2, -0.15) is 0 Å². The molecule has 5 nitrogen and oxygen atoms in total. The Balaban J connectivity index is 1.36. The largest absolute Gasteiger partial charge is 0.492 e. The maximum absolute atomic E-state index is 12.0. The van der Waals surface area contributed by atoms with Gasteiger partial charge < -0.3 is 10.1 Å². The molecule has 0 saturated carbocycles. The molecule has 136 valence electrons. The predicted molar refractivity (Wildman–Crippen MR) is 104 cm³/mol. The summed E-state index contributed by atoms with van der Waals surface area (Å²) in [6.45, 7) is 1.99. The average Bonchev–Trinajstić information content (AvgIpc) is 3.30. The Bertz CT molecular complexity index is 740. The fourth-order valence-electron chi connectivity index (χ4n) is 2.53. The lowest BCUT2D eigenvalue weighted by Gasteiger charge is -2.10. The third-order valence-corrected chi connectivity index (χ3v) is 8.04. The van der Waals surface area contributed by atoms with Crippen molar-refractivity contribution < 1.29 is 13.2 Å². The average molecular weight is 399 g/mol. The molecule has 0 bridgehead atoms. The van der Waals surface area contributed by atoms with E-state index in [0.29, 0.717) is 22.6 Å². The SMILES string of the molecule is O=S(=O)(CNCCOc1ccc(CC2CNCS2)cc1)c1cccs1. The van der Waals surface area contributed by atoms with Crippen LogP contribution in [-0.4, -0.2) is 45.1 Å². The van der Waals surface area contributed by atoms with Crippen LogP contribution in [0.15, 0.2) is 46.0 Å². The Morgan fingerprint density at radius 1 is 1.24 bits per heavy atom. The fraction of sp³-hybridized carbons (Fsp3) is 0.412. The number of thiophene rings is 1. The van der Waals surface area contributed by atoms with Gasteiger partial charge >= 0.3 is 0 Å². The summed E-state index contributed by atoms with van der Waals surface area (Å²) >= 11 is 3.20. The number of rotatable bonds is 9. The van der Waals surface area contributed by atoms with Gasteiger partial charge in [0, 0.05) is 24.2 Å². The summed E-state index contributed by atoms with van der Waals surface area (Å²) < 4.78 is 30.1. The molecule has 8 heteroatoms. The summed E-state index contributed by atoms with van der Waals surface area (Å²) in [5, 5.41) is 8.70. The highest BCUT2D eigenvalue weighted by molar-refractivity contribution is 8.00. The summed E-state index contributed by atoms with van der Waals surface area (Å²) in [7, 11) is -3.23. The third-order valence-electron chi connectivity index (χ3n) is 3.82. The smallest absolute Gasteiger partial charge is 0.200 e. The van der Waals surface area contributed by atoms with Crippen LogP contribution in [0.5, 0.6) is 5.75 Å². The lowest BCUT2D eigenvalue weighted by Crippen LogP contribution is -2.27. The molecule has 0 aliphatic carbocycles. The molecular weight excluding hydrogens is 376 g/mol. The molecular formula is C17H22N2O3S3. The highest BCUT2D eigenvalue weighted by Crippen LogP contribution is 2.21. The van der Waals surface area contributed by atoms with Crippen molar-refractivity contribution in [3.8, 4) is 5.75 Å². The standard InChI is InChI=1S/C17H22N2O3S3/c20-25(21,17-2-1-9-23-17)13-18-7-8-22-15-5-3-14(4-6-15)10-16-11-19-12-24-16/h1-6,9,16,18-19H,7-8,10-13H2. The lowest BCUT2D eigenvalue weighted by molar-refractivity contribution is 0.317. The van der Waals surface area contributed by atoms with Gasteiger partial charge in [-0.05, 0) is 35.6 Å². The van der Waals surface area contributed by atoms with Crippen molar-refractivity contribution in [1.29, 1.82) is 0 Å². The monoisotopic (exact) mass is 398 g/mol. The van der Waals surface area contributed by atoms with E-state index in [4.69, 9.17) is 4.74 Å². The third kappa shape index (κ3) is 5.72. The van der Waals surface area contributed by atoms with Gasteiger partial charge in [-0.15, -0.1) is 23.1 Å². The Hall–Kier alpha value is -1.06. The van der Waals surface area contributed by atoms with Crippen LogP contribution in [0, 0.1) is 0 Å². The number of sulfone groups is 1. The van der Waals surface area contributed by atoms with Crippen molar-refractivity contribution in [1.82, 2.24) is 10.6 Å². The first-order valence-corrected chi connectivity index (χ1v) is 11.7. The number of ether oxygens (including phenoxy) is 1. The Kier molecular flexibility index (Phi) is 6.77. The van der Waals surface area contributed by atoms with Gasteiger partial charge in [-0.1, -0.05) is 18.2 Å². The van der Waals surface area contributed by atoms with E-state index in [9.17, 15) is 8.42 Å². The molecule has 2 heterocycles. The topological polar surface area (TPSA) is 67.4 Å². The van der Waals surface area contributed by atoms with Gasteiger partial charge in [-0.3, -0.25) is 5.32 Å². The van der Waals surface area contributed by atoms with Crippen LogP contribution in [0.25, 0.3) is 0 Å². The molecule has 0 radical (unpaired) electrons. The maximum atomic E-state index is 12.0. The molecule has 1 saturated heterocycles. The summed E-state index contributed by atoms with van der Waals surface area (Å²) in [6.07, 6.45) is 1.07. The Labute approximate surface area is 157 Å².